The molecule has 1 saturated heterocycles. The summed E-state index contributed by atoms with van der Waals surface area (Å²) in [6.07, 6.45) is 0.692. The first-order valence-corrected chi connectivity index (χ1v) is 11.3. The average Bonchev–Trinajstić information content (AvgIpc) is 2.81. The van der Waals surface area contributed by atoms with Gasteiger partial charge in [-0.1, -0.05) is 11.6 Å². The van der Waals surface area contributed by atoms with E-state index in [1.54, 1.807) is 25.3 Å². The molecule has 0 unspecified atom stereocenters. The Morgan fingerprint density at radius 3 is 2.53 bits per heavy atom. The van der Waals surface area contributed by atoms with Crippen LogP contribution in [0.3, 0.4) is 0 Å². The number of rotatable bonds is 6. The number of ether oxygens (including phenoxy) is 1. The Labute approximate surface area is 196 Å². The van der Waals surface area contributed by atoms with Crippen LogP contribution in [0.15, 0.2) is 47.3 Å². The Hall–Kier alpha value is -2.68. The highest BCUT2D eigenvalue weighted by Crippen LogP contribution is 2.20. The van der Waals surface area contributed by atoms with Crippen LogP contribution in [0.1, 0.15) is 16.8 Å². The van der Waals surface area contributed by atoms with Crippen molar-refractivity contribution in [1.29, 1.82) is 0 Å². The number of halogens is 1. The predicted molar refractivity (Wildman–Crippen MR) is 129 cm³/mol. The molecule has 4 rings (SSSR count). The number of hydrogen-bond acceptors (Lipinski definition) is 5. The minimum Gasteiger partial charge on any atom is -0.385 e. The lowest BCUT2D eigenvalue weighted by Crippen LogP contribution is -2.48. The Morgan fingerprint density at radius 2 is 1.84 bits per heavy atom. The maximum atomic E-state index is 13.1. The van der Waals surface area contributed by atoms with E-state index in [9.17, 15) is 9.59 Å². The molecule has 2 aromatic carbocycles. The topological polar surface area (TPSA) is 70.6 Å². The SMILES string of the molecule is COCCCn1c(=S)[nH]c2cc(C(=O)N3CCN(c4ccc(Cl)cc4)CC3)ccc2c1=O. The fourth-order valence-corrected chi connectivity index (χ4v) is 4.37. The summed E-state index contributed by atoms with van der Waals surface area (Å²) >= 11 is 11.4. The van der Waals surface area contributed by atoms with Crippen LogP contribution in [-0.2, 0) is 11.3 Å². The zero-order valence-corrected chi connectivity index (χ0v) is 19.4. The van der Waals surface area contributed by atoms with Crippen molar-refractivity contribution < 1.29 is 9.53 Å². The number of nitrogens with one attached hydrogen (secondary N) is 1. The Kier molecular flexibility index (Phi) is 6.93. The summed E-state index contributed by atoms with van der Waals surface area (Å²) < 4.78 is 6.94. The molecular formula is C23H25ClN4O3S. The minimum absolute atomic E-state index is 0.0498. The summed E-state index contributed by atoms with van der Waals surface area (Å²) in [5.74, 6) is -0.0498. The molecule has 0 bridgehead atoms. The van der Waals surface area contributed by atoms with E-state index < -0.39 is 0 Å². The van der Waals surface area contributed by atoms with Gasteiger partial charge in [-0.05, 0) is 61.1 Å². The molecule has 0 aliphatic carbocycles. The molecule has 0 atom stereocenters. The molecule has 2 heterocycles. The molecule has 168 valence electrons. The van der Waals surface area contributed by atoms with Crippen molar-refractivity contribution in [2.75, 3.05) is 44.8 Å². The van der Waals surface area contributed by atoms with E-state index in [1.165, 1.54) is 4.57 Å². The third-order valence-electron chi connectivity index (χ3n) is 5.72. The molecule has 1 aliphatic rings. The van der Waals surface area contributed by atoms with E-state index in [1.807, 2.05) is 29.2 Å². The second-order valence-corrected chi connectivity index (χ2v) is 8.57. The van der Waals surface area contributed by atoms with Gasteiger partial charge in [-0.3, -0.25) is 14.2 Å². The van der Waals surface area contributed by atoms with Crippen LogP contribution in [0.4, 0.5) is 5.69 Å². The van der Waals surface area contributed by atoms with Crippen LogP contribution in [0.2, 0.25) is 5.02 Å². The number of anilines is 1. The van der Waals surface area contributed by atoms with Gasteiger partial charge < -0.3 is 19.5 Å². The van der Waals surface area contributed by atoms with E-state index in [0.717, 1.165) is 18.8 Å². The van der Waals surface area contributed by atoms with Gasteiger partial charge in [0.05, 0.1) is 10.9 Å². The predicted octanol–water partition coefficient (Wildman–Crippen LogP) is 3.71. The maximum Gasteiger partial charge on any atom is 0.262 e. The number of piperazine rings is 1. The Bertz CT molecular complexity index is 1230. The van der Waals surface area contributed by atoms with Gasteiger partial charge in [0.1, 0.15) is 0 Å². The molecule has 1 fully saturated rings. The number of amides is 1. The van der Waals surface area contributed by atoms with Gasteiger partial charge in [0, 0.05) is 62.7 Å². The van der Waals surface area contributed by atoms with Crippen molar-refractivity contribution in [1.82, 2.24) is 14.5 Å². The first-order valence-electron chi connectivity index (χ1n) is 10.5. The molecule has 9 heteroatoms. The van der Waals surface area contributed by atoms with Crippen molar-refractivity contribution in [3.63, 3.8) is 0 Å². The highest BCUT2D eigenvalue weighted by atomic mass is 35.5. The standard InChI is InChI=1S/C23H25ClN4O3S/c1-31-14-2-9-28-22(30)19-8-3-16(15-20(19)25-23(28)32)21(29)27-12-10-26(11-13-27)18-6-4-17(24)5-7-18/h3-8,15H,2,9-14H2,1H3,(H,25,32). The number of hydrogen-bond donors (Lipinski definition) is 1. The van der Waals surface area contributed by atoms with Gasteiger partial charge in [0.25, 0.3) is 11.5 Å². The molecule has 0 saturated carbocycles. The van der Waals surface area contributed by atoms with Crippen LogP contribution < -0.4 is 10.5 Å². The summed E-state index contributed by atoms with van der Waals surface area (Å²) in [5.41, 5.74) is 2.06. The molecule has 3 aromatic rings. The molecular weight excluding hydrogens is 448 g/mol. The lowest BCUT2D eigenvalue weighted by atomic mass is 10.1. The molecule has 1 amide bonds. The largest absolute Gasteiger partial charge is 0.385 e. The maximum absolute atomic E-state index is 13.1. The second-order valence-electron chi connectivity index (χ2n) is 7.75. The number of benzene rings is 2. The summed E-state index contributed by atoms with van der Waals surface area (Å²) in [6.45, 7) is 3.77. The highest BCUT2D eigenvalue weighted by Gasteiger charge is 2.23. The number of fused-ring (bicyclic) bond motifs is 1. The van der Waals surface area contributed by atoms with Gasteiger partial charge in [-0.25, -0.2) is 0 Å². The van der Waals surface area contributed by atoms with Gasteiger partial charge >= 0.3 is 0 Å². The molecule has 1 N–H and O–H groups in total. The molecule has 1 aliphatic heterocycles. The average molecular weight is 473 g/mol. The van der Waals surface area contributed by atoms with Crippen molar-refractivity contribution >= 4 is 46.3 Å². The van der Waals surface area contributed by atoms with Crippen LogP contribution in [-0.4, -0.2) is 60.3 Å². The Balaban J connectivity index is 1.49. The molecule has 1 aromatic heterocycles. The fourth-order valence-electron chi connectivity index (χ4n) is 3.96. The van der Waals surface area contributed by atoms with E-state index in [2.05, 4.69) is 9.88 Å². The lowest BCUT2D eigenvalue weighted by Gasteiger charge is -2.36. The zero-order valence-electron chi connectivity index (χ0n) is 17.8. The summed E-state index contributed by atoms with van der Waals surface area (Å²) in [7, 11) is 1.62. The van der Waals surface area contributed by atoms with Crippen LogP contribution in [0.25, 0.3) is 10.9 Å². The van der Waals surface area contributed by atoms with Crippen molar-refractivity contribution in [3.8, 4) is 0 Å². The third-order valence-corrected chi connectivity index (χ3v) is 6.29. The van der Waals surface area contributed by atoms with Crippen LogP contribution in [0, 0.1) is 4.77 Å². The molecule has 0 spiro atoms. The van der Waals surface area contributed by atoms with Gasteiger partial charge in [-0.15, -0.1) is 0 Å². The lowest BCUT2D eigenvalue weighted by molar-refractivity contribution is 0.0747. The summed E-state index contributed by atoms with van der Waals surface area (Å²) in [5, 5.41) is 1.22. The first kappa shape index (κ1) is 22.5. The number of H-pyrrole nitrogens is 1. The molecule has 32 heavy (non-hydrogen) atoms. The number of nitrogens with zero attached hydrogens (tertiary/aromatic N) is 3. The minimum atomic E-state index is -0.157. The molecule has 7 nitrogen and oxygen atoms in total. The quantitative estimate of drug-likeness (QED) is 0.437. The van der Waals surface area contributed by atoms with Crippen LogP contribution in [0.5, 0.6) is 0 Å². The third kappa shape index (κ3) is 4.72. The number of carbonyl (C=O) groups excluding carboxylic acids is 1. The smallest absolute Gasteiger partial charge is 0.262 e. The van der Waals surface area contributed by atoms with E-state index in [-0.39, 0.29) is 11.5 Å². The number of carbonyl (C=O) groups is 1. The highest BCUT2D eigenvalue weighted by molar-refractivity contribution is 7.71. The van der Waals surface area contributed by atoms with E-state index >= 15 is 0 Å². The second kappa shape index (κ2) is 9.85. The van der Waals surface area contributed by atoms with Gasteiger partial charge in [0.2, 0.25) is 0 Å². The number of aromatic amines is 1. The van der Waals surface area contributed by atoms with Crippen molar-refractivity contribution in [2.45, 2.75) is 13.0 Å². The Morgan fingerprint density at radius 1 is 1.12 bits per heavy atom. The summed E-state index contributed by atoms with van der Waals surface area (Å²) in [6, 6.07) is 12.9. The fraction of sp³-hybridized carbons (Fsp3) is 0.348. The van der Waals surface area contributed by atoms with E-state index in [0.29, 0.717) is 58.9 Å². The first-order chi connectivity index (χ1) is 15.5. The summed E-state index contributed by atoms with van der Waals surface area (Å²) in [4.78, 5) is 33.1. The van der Waals surface area contributed by atoms with Crippen molar-refractivity contribution in [3.05, 3.63) is 68.2 Å². The molecule has 0 radical (unpaired) electrons. The number of methoxy groups -OCH3 is 1. The van der Waals surface area contributed by atoms with Crippen LogP contribution >= 0.6 is 23.8 Å². The van der Waals surface area contributed by atoms with E-state index in [4.69, 9.17) is 28.6 Å². The normalized spacial score (nSPS) is 14.2. The number of aromatic nitrogens is 2. The monoisotopic (exact) mass is 472 g/mol. The zero-order chi connectivity index (χ0) is 22.7. The van der Waals surface area contributed by atoms with Gasteiger partial charge in [-0.2, -0.15) is 0 Å². The van der Waals surface area contributed by atoms with Crippen molar-refractivity contribution in [2.24, 2.45) is 0 Å². The van der Waals surface area contributed by atoms with Gasteiger partial charge in [0.15, 0.2) is 4.77 Å².